The van der Waals surface area contributed by atoms with Crippen molar-refractivity contribution in [3.63, 3.8) is 0 Å². The number of para-hydroxylation sites is 2. The molecule has 0 amide bonds. The van der Waals surface area contributed by atoms with E-state index in [1.807, 2.05) is 0 Å². The van der Waals surface area contributed by atoms with Crippen molar-refractivity contribution in [3.05, 3.63) is 30.6 Å². The Morgan fingerprint density at radius 3 is 2.47 bits per heavy atom. The van der Waals surface area contributed by atoms with Crippen molar-refractivity contribution in [3.8, 4) is 0 Å². The summed E-state index contributed by atoms with van der Waals surface area (Å²) in [4.78, 5) is 0. The molecule has 0 fully saturated rings. The molecule has 0 atom stereocenters. The van der Waals surface area contributed by atoms with E-state index in [1.54, 1.807) is 0 Å². The van der Waals surface area contributed by atoms with Gasteiger partial charge in [-0.3, -0.25) is 0 Å². The second-order valence-electron chi connectivity index (χ2n) is 3.37. The van der Waals surface area contributed by atoms with Crippen molar-refractivity contribution < 1.29 is 27.0 Å². The summed E-state index contributed by atoms with van der Waals surface area (Å²) in [5.74, 6) is 0. The molecule has 2 N–H and O–H groups in total. The van der Waals surface area contributed by atoms with Crippen LogP contribution in [0.1, 0.15) is 0 Å². The van der Waals surface area contributed by atoms with Gasteiger partial charge in [0.25, 0.3) is 0 Å². The number of hydrogen-bond acceptors (Lipinski definition) is 0. The first-order chi connectivity index (χ1) is 7.36. The van der Waals surface area contributed by atoms with Gasteiger partial charge in [-0.25, -0.2) is 9.13 Å². The van der Waals surface area contributed by atoms with E-state index >= 15 is 0 Å². The molecule has 0 spiro atoms. The molecule has 0 aliphatic heterocycles. The number of imidazole rings is 1. The van der Waals surface area contributed by atoms with Gasteiger partial charge in [0, 0.05) is 10.7 Å². The van der Waals surface area contributed by atoms with E-state index in [0.29, 0.717) is 0 Å². The van der Waals surface area contributed by atoms with E-state index in [0.717, 1.165) is 23.7 Å². The predicted molar refractivity (Wildman–Crippen MR) is 73.3 cm³/mol. The third kappa shape index (κ3) is 3.77. The summed E-state index contributed by atoms with van der Waals surface area (Å²) in [6, 6.07) is 8.52. The number of nitrogens with zero attached hydrogens (tertiary/aromatic N) is 2. The van der Waals surface area contributed by atoms with Crippen molar-refractivity contribution in [2.45, 2.75) is 13.1 Å². The Morgan fingerprint density at radius 1 is 1.12 bits per heavy atom. The number of fused-ring (bicyclic) bond motifs is 1. The van der Waals surface area contributed by atoms with Crippen LogP contribution in [0.3, 0.4) is 0 Å². The van der Waals surface area contributed by atoms with Crippen LogP contribution in [-0.2, 0) is 13.1 Å². The zero-order chi connectivity index (χ0) is 10.7. The third-order valence-electron chi connectivity index (χ3n) is 2.43. The van der Waals surface area contributed by atoms with E-state index in [4.69, 9.17) is 0 Å². The molecule has 3 nitrogen and oxygen atoms in total. The normalized spacial score (nSPS) is 9.76. The molecule has 2 rings (SSSR count). The van der Waals surface area contributed by atoms with Gasteiger partial charge < -0.3 is 22.5 Å². The maximum Gasteiger partial charge on any atom is 0.244 e. The standard InChI is InChI=1S/C11H13Br2N2.BrH.H2O/c12-5-7-14-9-15(8-6-13)11-4-2-1-3-10(11)14;;/h1-4,9H,5-8H2;1H;1H2/q+1;;/p-1. The second kappa shape index (κ2) is 8.24. The minimum absolute atomic E-state index is 0. The molecular formula is C11H15Br3N2O. The summed E-state index contributed by atoms with van der Waals surface area (Å²) in [5, 5.41) is 1.97. The van der Waals surface area contributed by atoms with Crippen LogP contribution in [0.25, 0.3) is 11.0 Å². The molecule has 1 aromatic carbocycles. The summed E-state index contributed by atoms with van der Waals surface area (Å²) in [6.07, 6.45) is 2.19. The molecule has 0 radical (unpaired) electrons. The minimum Gasteiger partial charge on any atom is -1.00 e. The molecule has 0 aliphatic carbocycles. The first-order valence-electron chi connectivity index (χ1n) is 4.96. The molecule has 0 unspecified atom stereocenters. The van der Waals surface area contributed by atoms with Crippen LogP contribution in [0.15, 0.2) is 30.6 Å². The Balaban J connectivity index is 0.00000128. The number of rotatable bonds is 4. The Morgan fingerprint density at radius 2 is 1.82 bits per heavy atom. The van der Waals surface area contributed by atoms with Crippen molar-refractivity contribution in [2.75, 3.05) is 10.7 Å². The second-order valence-corrected chi connectivity index (χ2v) is 4.95. The van der Waals surface area contributed by atoms with Crippen LogP contribution in [0.5, 0.6) is 0 Å². The monoisotopic (exact) mass is 428 g/mol. The van der Waals surface area contributed by atoms with Crippen molar-refractivity contribution >= 4 is 42.9 Å². The van der Waals surface area contributed by atoms with Gasteiger partial charge in [-0.1, -0.05) is 44.0 Å². The Bertz CT molecular complexity index is 419. The highest BCUT2D eigenvalue weighted by Gasteiger charge is 2.13. The quantitative estimate of drug-likeness (QED) is 0.436. The maximum atomic E-state index is 3.48. The zero-order valence-electron chi connectivity index (χ0n) is 9.24. The molecular weight excluding hydrogens is 416 g/mol. The van der Waals surface area contributed by atoms with Gasteiger partial charge in [-0.2, -0.15) is 0 Å². The van der Waals surface area contributed by atoms with Crippen molar-refractivity contribution in [1.29, 1.82) is 0 Å². The molecule has 1 heterocycles. The first-order valence-corrected chi connectivity index (χ1v) is 7.20. The SMILES string of the molecule is BrCCn1c[n+](CCBr)c2ccccc21.O.[Br-]. The highest BCUT2D eigenvalue weighted by Crippen LogP contribution is 2.10. The summed E-state index contributed by atoms with van der Waals surface area (Å²) < 4.78 is 4.57. The number of halogens is 3. The van der Waals surface area contributed by atoms with Crippen LogP contribution in [-0.4, -0.2) is 20.7 Å². The third-order valence-corrected chi connectivity index (χ3v) is 3.14. The van der Waals surface area contributed by atoms with Gasteiger partial charge in [0.15, 0.2) is 11.0 Å². The van der Waals surface area contributed by atoms with Gasteiger partial charge in [-0.15, -0.1) is 0 Å². The molecule has 2 aromatic rings. The van der Waals surface area contributed by atoms with Gasteiger partial charge in [-0.05, 0) is 12.1 Å². The van der Waals surface area contributed by atoms with Gasteiger partial charge in [0.1, 0.15) is 13.1 Å². The Hall–Kier alpha value is 0.0900. The van der Waals surface area contributed by atoms with E-state index in [2.05, 4.69) is 71.6 Å². The summed E-state index contributed by atoms with van der Waals surface area (Å²) >= 11 is 6.96. The van der Waals surface area contributed by atoms with E-state index < -0.39 is 0 Å². The molecule has 0 saturated carbocycles. The fourth-order valence-corrected chi connectivity index (χ4v) is 2.55. The first kappa shape index (κ1) is 17.1. The largest absolute Gasteiger partial charge is 1.00 e. The van der Waals surface area contributed by atoms with Crippen molar-refractivity contribution in [2.24, 2.45) is 0 Å². The lowest BCUT2D eigenvalue weighted by atomic mass is 10.3. The lowest BCUT2D eigenvalue weighted by Gasteiger charge is -1.91. The number of hydrogen-bond donors (Lipinski definition) is 0. The summed E-state index contributed by atoms with van der Waals surface area (Å²) in [6.45, 7) is 2.02. The van der Waals surface area contributed by atoms with Crippen LogP contribution in [0.2, 0.25) is 0 Å². The van der Waals surface area contributed by atoms with Gasteiger partial charge >= 0.3 is 0 Å². The molecule has 6 heteroatoms. The van der Waals surface area contributed by atoms with Gasteiger partial charge in [0.05, 0.1) is 0 Å². The molecule has 0 bridgehead atoms. The number of alkyl halides is 2. The van der Waals surface area contributed by atoms with Crippen LogP contribution < -0.4 is 21.5 Å². The Labute approximate surface area is 128 Å². The minimum atomic E-state index is 0. The molecule has 0 aliphatic rings. The van der Waals surface area contributed by atoms with Gasteiger partial charge in [0.2, 0.25) is 6.33 Å². The molecule has 17 heavy (non-hydrogen) atoms. The van der Waals surface area contributed by atoms with E-state index in [1.165, 1.54) is 11.0 Å². The summed E-state index contributed by atoms with van der Waals surface area (Å²) in [7, 11) is 0. The topological polar surface area (TPSA) is 40.3 Å². The highest BCUT2D eigenvalue weighted by atomic mass is 79.9. The van der Waals surface area contributed by atoms with Crippen LogP contribution >= 0.6 is 31.9 Å². The molecule has 96 valence electrons. The number of benzene rings is 1. The molecule has 0 saturated heterocycles. The maximum absolute atomic E-state index is 3.48. The highest BCUT2D eigenvalue weighted by molar-refractivity contribution is 9.09. The fraction of sp³-hybridized carbons (Fsp3) is 0.364. The lowest BCUT2D eigenvalue weighted by molar-refractivity contribution is -0.667. The average molecular weight is 431 g/mol. The lowest BCUT2D eigenvalue weighted by Crippen LogP contribution is -3.00. The average Bonchev–Trinajstić information content (AvgIpc) is 2.59. The summed E-state index contributed by atoms with van der Waals surface area (Å²) in [5.41, 5.74) is 2.61. The zero-order valence-corrected chi connectivity index (χ0v) is 14.0. The van der Waals surface area contributed by atoms with Crippen molar-refractivity contribution in [1.82, 2.24) is 4.57 Å². The smallest absolute Gasteiger partial charge is 0.244 e. The van der Waals surface area contributed by atoms with Crippen LogP contribution in [0, 0.1) is 0 Å². The number of aromatic nitrogens is 2. The van der Waals surface area contributed by atoms with E-state index in [-0.39, 0.29) is 22.5 Å². The number of aryl methyl sites for hydroxylation is 2. The predicted octanol–water partition coefficient (Wildman–Crippen LogP) is -1.10. The fourth-order valence-electron chi connectivity index (χ4n) is 1.78. The van der Waals surface area contributed by atoms with E-state index in [9.17, 15) is 0 Å². The van der Waals surface area contributed by atoms with Crippen LogP contribution in [0.4, 0.5) is 0 Å². The Kier molecular flexibility index (Phi) is 8.28. The molecule has 1 aromatic heterocycles.